The molecule has 0 spiro atoms. The van der Waals surface area contributed by atoms with Gasteiger partial charge in [0.2, 0.25) is 0 Å². The lowest BCUT2D eigenvalue weighted by Crippen LogP contribution is -2.49. The number of nitrogens with one attached hydrogen (secondary N) is 1. The third-order valence-corrected chi connectivity index (χ3v) is 3.46. The predicted molar refractivity (Wildman–Crippen MR) is 78.5 cm³/mol. The molecule has 0 aliphatic rings. The van der Waals surface area contributed by atoms with Crippen LogP contribution in [0.25, 0.3) is 0 Å². The Hall–Kier alpha value is -1.79. The van der Waals surface area contributed by atoms with Gasteiger partial charge in [-0.1, -0.05) is 6.07 Å². The summed E-state index contributed by atoms with van der Waals surface area (Å²) in [6.07, 6.45) is 0.446. The summed E-state index contributed by atoms with van der Waals surface area (Å²) in [4.78, 5) is 11.7. The van der Waals surface area contributed by atoms with Crippen LogP contribution in [0, 0.1) is 0 Å². The molecule has 1 aromatic carbocycles. The van der Waals surface area contributed by atoms with Crippen LogP contribution in [0.15, 0.2) is 18.2 Å². The van der Waals surface area contributed by atoms with E-state index in [4.69, 9.17) is 19.3 Å². The Morgan fingerprint density at radius 2 is 2.05 bits per heavy atom. The van der Waals surface area contributed by atoms with E-state index in [2.05, 4.69) is 5.32 Å². The van der Waals surface area contributed by atoms with Crippen LogP contribution in [0.4, 0.5) is 0 Å². The maximum absolute atomic E-state index is 11.7. The molecule has 0 saturated carbocycles. The summed E-state index contributed by atoms with van der Waals surface area (Å²) < 4.78 is 15.7. The normalized spacial score (nSPS) is 13.4. The van der Waals surface area contributed by atoms with Crippen LogP contribution < -0.4 is 14.8 Å². The molecule has 0 radical (unpaired) electrons. The molecule has 1 atom stereocenters. The number of aliphatic hydroxyl groups is 1. The summed E-state index contributed by atoms with van der Waals surface area (Å²) in [5.74, 6) is 0.778. The van der Waals surface area contributed by atoms with Gasteiger partial charge in [0.25, 0.3) is 0 Å². The fraction of sp³-hybridized carbons (Fsp3) is 0.533. The molecule has 118 valence electrons. The van der Waals surface area contributed by atoms with E-state index in [1.165, 1.54) is 14.2 Å². The molecule has 0 aromatic heterocycles. The first kappa shape index (κ1) is 17.3. The Kier molecular flexibility index (Phi) is 6.45. The molecular formula is C15H23NO5. The minimum atomic E-state index is -0.799. The molecule has 0 fully saturated rings. The van der Waals surface area contributed by atoms with Crippen LogP contribution in [0.5, 0.6) is 11.5 Å². The summed E-state index contributed by atoms with van der Waals surface area (Å²) in [7, 11) is 4.60. The molecule has 0 bridgehead atoms. The second kappa shape index (κ2) is 7.85. The molecule has 1 rings (SSSR count). The number of hydrogen-bond acceptors (Lipinski definition) is 6. The van der Waals surface area contributed by atoms with Crippen molar-refractivity contribution >= 4 is 5.97 Å². The first-order valence-corrected chi connectivity index (χ1v) is 6.68. The van der Waals surface area contributed by atoms with Crippen molar-refractivity contribution in [3.05, 3.63) is 23.8 Å². The van der Waals surface area contributed by atoms with E-state index in [-0.39, 0.29) is 12.6 Å². The average Bonchev–Trinajstić information content (AvgIpc) is 2.53. The Balaban J connectivity index is 2.69. The molecule has 1 aromatic rings. The van der Waals surface area contributed by atoms with Crippen molar-refractivity contribution in [3.8, 4) is 11.5 Å². The van der Waals surface area contributed by atoms with Crippen LogP contribution in [0.1, 0.15) is 18.9 Å². The highest BCUT2D eigenvalue weighted by molar-refractivity contribution is 5.80. The summed E-state index contributed by atoms with van der Waals surface area (Å²) >= 11 is 0. The smallest absolute Gasteiger partial charge is 0.325 e. The highest BCUT2D eigenvalue weighted by Gasteiger charge is 2.32. The van der Waals surface area contributed by atoms with Gasteiger partial charge in [0, 0.05) is 6.42 Å². The number of carbonyl (C=O) groups is 1. The van der Waals surface area contributed by atoms with Crippen molar-refractivity contribution < 1.29 is 24.1 Å². The van der Waals surface area contributed by atoms with E-state index in [0.717, 1.165) is 5.56 Å². The van der Waals surface area contributed by atoms with Gasteiger partial charge in [-0.15, -0.1) is 0 Å². The first-order valence-electron chi connectivity index (χ1n) is 6.68. The van der Waals surface area contributed by atoms with Crippen LogP contribution in [0.3, 0.4) is 0 Å². The van der Waals surface area contributed by atoms with Crippen LogP contribution >= 0.6 is 0 Å². The van der Waals surface area contributed by atoms with Gasteiger partial charge >= 0.3 is 5.97 Å². The van der Waals surface area contributed by atoms with Gasteiger partial charge in [-0.25, -0.2) is 0 Å². The number of esters is 1. The molecule has 0 amide bonds. The second-order valence-electron chi connectivity index (χ2n) is 4.82. The maximum Gasteiger partial charge on any atom is 0.325 e. The molecule has 0 heterocycles. The zero-order valence-corrected chi connectivity index (χ0v) is 12.9. The zero-order valence-electron chi connectivity index (χ0n) is 12.9. The number of carbonyl (C=O) groups excluding carboxylic acids is 1. The number of aliphatic hydroxyl groups excluding tert-OH is 1. The highest BCUT2D eigenvalue weighted by atomic mass is 16.5. The fourth-order valence-electron chi connectivity index (χ4n) is 1.85. The highest BCUT2D eigenvalue weighted by Crippen LogP contribution is 2.28. The van der Waals surface area contributed by atoms with E-state index in [1.807, 2.05) is 0 Å². The Labute approximate surface area is 125 Å². The lowest BCUT2D eigenvalue weighted by atomic mass is 9.99. The van der Waals surface area contributed by atoms with E-state index in [1.54, 1.807) is 32.2 Å². The van der Waals surface area contributed by atoms with Gasteiger partial charge in [-0.2, -0.15) is 0 Å². The van der Waals surface area contributed by atoms with Gasteiger partial charge in [0.15, 0.2) is 11.5 Å². The van der Waals surface area contributed by atoms with Crippen LogP contribution in [-0.4, -0.2) is 44.5 Å². The van der Waals surface area contributed by atoms with E-state index in [9.17, 15) is 4.79 Å². The first-order chi connectivity index (χ1) is 10.0. The Morgan fingerprint density at radius 1 is 1.33 bits per heavy atom. The van der Waals surface area contributed by atoms with Crippen molar-refractivity contribution in [2.24, 2.45) is 0 Å². The monoisotopic (exact) mass is 297 g/mol. The van der Waals surface area contributed by atoms with Crippen LogP contribution in [0.2, 0.25) is 0 Å². The van der Waals surface area contributed by atoms with E-state index < -0.39 is 5.54 Å². The molecule has 0 saturated heterocycles. The lowest BCUT2D eigenvalue weighted by Gasteiger charge is -2.26. The Bertz CT molecular complexity index is 477. The lowest BCUT2D eigenvalue weighted by molar-refractivity contribution is -0.148. The third kappa shape index (κ3) is 4.34. The van der Waals surface area contributed by atoms with Gasteiger partial charge in [-0.3, -0.25) is 4.79 Å². The van der Waals surface area contributed by atoms with Crippen molar-refractivity contribution in [1.29, 1.82) is 0 Å². The average molecular weight is 297 g/mol. The number of hydrogen-bond donors (Lipinski definition) is 2. The molecular weight excluding hydrogens is 274 g/mol. The topological polar surface area (TPSA) is 77.0 Å². The second-order valence-corrected chi connectivity index (χ2v) is 4.82. The molecule has 0 aliphatic heterocycles. The third-order valence-electron chi connectivity index (χ3n) is 3.46. The van der Waals surface area contributed by atoms with Gasteiger partial charge in [0.1, 0.15) is 5.54 Å². The van der Waals surface area contributed by atoms with Crippen molar-refractivity contribution in [2.45, 2.75) is 25.5 Å². The summed E-state index contributed by atoms with van der Waals surface area (Å²) in [5, 5.41) is 12.0. The molecule has 1 unspecified atom stereocenters. The number of rotatable bonds is 8. The van der Waals surface area contributed by atoms with E-state index >= 15 is 0 Å². The van der Waals surface area contributed by atoms with Gasteiger partial charge < -0.3 is 24.6 Å². The number of likely N-dealkylation sites (N-methyl/N-ethyl adjacent to an activating group) is 1. The SMILES string of the molecule is CNC(C)(CCOc1ccc(CO)cc1OC)C(=O)OC. The molecule has 6 nitrogen and oxygen atoms in total. The van der Waals surface area contributed by atoms with Crippen molar-refractivity contribution in [3.63, 3.8) is 0 Å². The fourth-order valence-corrected chi connectivity index (χ4v) is 1.85. The number of methoxy groups -OCH3 is 2. The standard InChI is InChI=1S/C15H23NO5/c1-15(16-2,14(18)20-4)7-8-21-12-6-5-11(10-17)9-13(12)19-3/h5-6,9,16-17H,7-8,10H2,1-4H3. The quantitative estimate of drug-likeness (QED) is 0.700. The molecule has 21 heavy (non-hydrogen) atoms. The van der Waals surface area contributed by atoms with Gasteiger partial charge in [-0.05, 0) is 31.7 Å². The van der Waals surface area contributed by atoms with E-state index in [0.29, 0.717) is 24.5 Å². The Morgan fingerprint density at radius 3 is 2.57 bits per heavy atom. The van der Waals surface area contributed by atoms with Crippen LogP contribution in [-0.2, 0) is 16.1 Å². The molecule has 2 N–H and O–H groups in total. The number of ether oxygens (including phenoxy) is 3. The minimum Gasteiger partial charge on any atom is -0.493 e. The number of benzene rings is 1. The molecule has 6 heteroatoms. The van der Waals surface area contributed by atoms with Crippen molar-refractivity contribution in [1.82, 2.24) is 5.32 Å². The predicted octanol–water partition coefficient (Wildman–Crippen LogP) is 1.11. The minimum absolute atomic E-state index is 0.0587. The summed E-state index contributed by atoms with van der Waals surface area (Å²) in [5.41, 5.74) is -0.0543. The van der Waals surface area contributed by atoms with Crippen molar-refractivity contribution in [2.75, 3.05) is 27.9 Å². The zero-order chi connectivity index (χ0) is 15.9. The van der Waals surface area contributed by atoms with Gasteiger partial charge in [0.05, 0.1) is 27.4 Å². The molecule has 0 aliphatic carbocycles. The summed E-state index contributed by atoms with van der Waals surface area (Å²) in [6.45, 7) is 2.02. The largest absolute Gasteiger partial charge is 0.493 e. The maximum atomic E-state index is 11.7. The summed E-state index contributed by atoms with van der Waals surface area (Å²) in [6, 6.07) is 5.21.